The van der Waals surface area contributed by atoms with Crippen molar-refractivity contribution in [3.8, 4) is 0 Å². The van der Waals surface area contributed by atoms with Gasteiger partial charge in [0.15, 0.2) is 9.84 Å². The highest BCUT2D eigenvalue weighted by atomic mass is 32.2. The van der Waals surface area contributed by atoms with E-state index in [0.717, 1.165) is 13.4 Å². The number of aromatic nitrogens is 1. The molecule has 0 spiro atoms. The van der Waals surface area contributed by atoms with E-state index in [1.165, 1.54) is 24.4 Å². The van der Waals surface area contributed by atoms with Crippen LogP contribution < -0.4 is 5.56 Å². The summed E-state index contributed by atoms with van der Waals surface area (Å²) in [6.45, 7) is 0. The number of benzene rings is 1. The Morgan fingerprint density at radius 1 is 1.32 bits per heavy atom. The smallest absolute Gasteiger partial charge is 0.344 e. The number of carbonyl (C=O) groups is 1. The van der Waals surface area contributed by atoms with Gasteiger partial charge in [0.1, 0.15) is 5.56 Å². The normalized spacial score (nSPS) is 11.5. The third kappa shape index (κ3) is 2.37. The summed E-state index contributed by atoms with van der Waals surface area (Å²) in [5, 5.41) is 0.797. The molecular weight excluding hydrogens is 270 g/mol. The molecule has 6 nitrogen and oxygen atoms in total. The lowest BCUT2D eigenvalue weighted by Gasteiger charge is -2.05. The van der Waals surface area contributed by atoms with Crippen LogP contribution in [-0.2, 0) is 14.6 Å². The van der Waals surface area contributed by atoms with Crippen molar-refractivity contribution in [3.63, 3.8) is 0 Å². The second-order valence-corrected chi connectivity index (χ2v) is 6.02. The predicted octanol–water partition coefficient (Wildman–Crippen LogP) is 0.718. The average molecular weight is 281 g/mol. The number of hydrogen-bond acceptors (Lipinski definition) is 5. The van der Waals surface area contributed by atoms with Crippen LogP contribution in [0.3, 0.4) is 0 Å². The van der Waals surface area contributed by atoms with Gasteiger partial charge in [0.2, 0.25) is 0 Å². The molecule has 1 aromatic carbocycles. The molecule has 0 saturated heterocycles. The fourth-order valence-electron chi connectivity index (χ4n) is 1.75. The van der Waals surface area contributed by atoms with Crippen LogP contribution in [-0.4, -0.2) is 32.7 Å². The van der Waals surface area contributed by atoms with Gasteiger partial charge in [0.05, 0.1) is 12.0 Å². The van der Waals surface area contributed by atoms with E-state index in [0.29, 0.717) is 5.39 Å². The highest BCUT2D eigenvalue weighted by Gasteiger charge is 2.17. The summed E-state index contributed by atoms with van der Waals surface area (Å²) < 4.78 is 27.6. The monoisotopic (exact) mass is 281 g/mol. The number of sulfone groups is 1. The molecule has 0 radical (unpaired) electrons. The largest absolute Gasteiger partial charge is 0.465 e. The Morgan fingerprint density at radius 3 is 2.58 bits per heavy atom. The van der Waals surface area contributed by atoms with E-state index in [4.69, 9.17) is 0 Å². The quantitative estimate of drug-likeness (QED) is 0.819. The zero-order valence-electron chi connectivity index (χ0n) is 10.3. The number of hydrogen-bond donors (Lipinski definition) is 1. The van der Waals surface area contributed by atoms with Crippen molar-refractivity contribution in [1.82, 2.24) is 4.98 Å². The molecule has 1 heterocycles. The number of H-pyrrole nitrogens is 1. The Labute approximate surface area is 108 Å². The molecule has 1 N–H and O–H groups in total. The Balaban J connectivity index is 2.90. The standard InChI is InChI=1S/C12H11NO5S/c1-18-12(15)10-9-5-8(19(2,16)17)4-3-7(9)6-13-11(10)14/h3-6H,1-2H3,(H,13,14). The lowest BCUT2D eigenvalue weighted by atomic mass is 10.1. The molecule has 0 fully saturated rings. The first-order chi connectivity index (χ1) is 8.84. The molecule has 0 aliphatic heterocycles. The first-order valence-corrected chi connectivity index (χ1v) is 7.17. The molecular formula is C12H11NO5S. The Morgan fingerprint density at radius 2 is 2.00 bits per heavy atom. The first-order valence-electron chi connectivity index (χ1n) is 5.28. The maximum absolute atomic E-state index is 11.7. The van der Waals surface area contributed by atoms with Crippen molar-refractivity contribution in [3.05, 3.63) is 40.3 Å². The van der Waals surface area contributed by atoms with Gasteiger partial charge in [-0.15, -0.1) is 0 Å². The van der Waals surface area contributed by atoms with E-state index >= 15 is 0 Å². The van der Waals surface area contributed by atoms with E-state index < -0.39 is 21.4 Å². The number of carbonyl (C=O) groups excluding carboxylic acids is 1. The van der Waals surface area contributed by atoms with Crippen molar-refractivity contribution in [2.24, 2.45) is 0 Å². The molecule has 0 aliphatic carbocycles. The highest BCUT2D eigenvalue weighted by Crippen LogP contribution is 2.20. The van der Waals surface area contributed by atoms with Gasteiger partial charge in [0.25, 0.3) is 5.56 Å². The molecule has 0 atom stereocenters. The number of ether oxygens (including phenoxy) is 1. The maximum Gasteiger partial charge on any atom is 0.344 e. The number of aromatic amines is 1. The van der Waals surface area contributed by atoms with E-state index in [2.05, 4.69) is 9.72 Å². The molecule has 0 aliphatic rings. The molecule has 1 aromatic heterocycles. The summed E-state index contributed by atoms with van der Waals surface area (Å²) in [5.41, 5.74) is -0.824. The van der Waals surface area contributed by atoms with Gasteiger partial charge in [-0.2, -0.15) is 0 Å². The van der Waals surface area contributed by atoms with E-state index in [-0.39, 0.29) is 15.8 Å². The summed E-state index contributed by atoms with van der Waals surface area (Å²) in [5.74, 6) is -0.808. The number of pyridine rings is 1. The molecule has 0 unspecified atom stereocenters. The second kappa shape index (κ2) is 4.51. The Kier molecular flexibility index (Phi) is 3.15. The average Bonchev–Trinajstić information content (AvgIpc) is 2.36. The summed E-state index contributed by atoms with van der Waals surface area (Å²) in [6, 6.07) is 4.23. The van der Waals surface area contributed by atoms with Gasteiger partial charge >= 0.3 is 5.97 Å². The van der Waals surface area contributed by atoms with Crippen molar-refractivity contribution < 1.29 is 17.9 Å². The maximum atomic E-state index is 11.7. The zero-order chi connectivity index (χ0) is 14.2. The highest BCUT2D eigenvalue weighted by molar-refractivity contribution is 7.90. The molecule has 2 aromatic rings. The summed E-state index contributed by atoms with van der Waals surface area (Å²) in [7, 11) is -2.27. The minimum atomic E-state index is -3.42. The Hall–Kier alpha value is -2.15. The number of nitrogens with one attached hydrogen (secondary N) is 1. The molecule has 100 valence electrons. The Bertz CT molecular complexity index is 820. The summed E-state index contributed by atoms with van der Waals surface area (Å²) in [6.07, 6.45) is 2.47. The number of methoxy groups -OCH3 is 1. The van der Waals surface area contributed by atoms with Crippen LogP contribution in [0.2, 0.25) is 0 Å². The summed E-state index contributed by atoms with van der Waals surface area (Å²) in [4.78, 5) is 25.8. The van der Waals surface area contributed by atoms with E-state index in [9.17, 15) is 18.0 Å². The van der Waals surface area contributed by atoms with Crippen LogP contribution >= 0.6 is 0 Å². The van der Waals surface area contributed by atoms with Gasteiger partial charge in [0, 0.05) is 17.8 Å². The molecule has 0 saturated carbocycles. The molecule has 2 rings (SSSR count). The van der Waals surface area contributed by atoms with Gasteiger partial charge in [-0.25, -0.2) is 13.2 Å². The van der Waals surface area contributed by atoms with Crippen LogP contribution in [0.4, 0.5) is 0 Å². The third-order valence-corrected chi connectivity index (χ3v) is 3.81. The minimum absolute atomic E-state index is 0.0377. The topological polar surface area (TPSA) is 93.3 Å². The van der Waals surface area contributed by atoms with Gasteiger partial charge in [-0.05, 0) is 17.5 Å². The number of fused-ring (bicyclic) bond motifs is 1. The van der Waals surface area contributed by atoms with Crippen molar-refractivity contribution in [2.45, 2.75) is 4.90 Å². The third-order valence-electron chi connectivity index (χ3n) is 2.70. The number of esters is 1. The van der Waals surface area contributed by atoms with Gasteiger partial charge < -0.3 is 9.72 Å². The van der Waals surface area contributed by atoms with Crippen LogP contribution in [0.15, 0.2) is 34.1 Å². The fraction of sp³-hybridized carbons (Fsp3) is 0.167. The molecule has 0 amide bonds. The van der Waals surface area contributed by atoms with Crippen molar-refractivity contribution in [2.75, 3.05) is 13.4 Å². The molecule has 19 heavy (non-hydrogen) atoms. The van der Waals surface area contributed by atoms with Crippen LogP contribution in [0.5, 0.6) is 0 Å². The first kappa shape index (κ1) is 13.3. The molecule has 7 heteroatoms. The van der Waals surface area contributed by atoms with E-state index in [1.54, 1.807) is 0 Å². The second-order valence-electron chi connectivity index (χ2n) is 4.01. The van der Waals surface area contributed by atoms with Crippen LogP contribution in [0, 0.1) is 0 Å². The lowest BCUT2D eigenvalue weighted by Crippen LogP contribution is -2.19. The SMILES string of the molecule is COC(=O)c1c(=O)[nH]cc2ccc(S(C)(=O)=O)cc12. The van der Waals surface area contributed by atoms with Crippen molar-refractivity contribution >= 4 is 26.6 Å². The van der Waals surface area contributed by atoms with Gasteiger partial charge in [-0.3, -0.25) is 4.79 Å². The summed E-state index contributed by atoms with van der Waals surface area (Å²) >= 11 is 0. The zero-order valence-corrected chi connectivity index (χ0v) is 11.1. The predicted molar refractivity (Wildman–Crippen MR) is 69.0 cm³/mol. The minimum Gasteiger partial charge on any atom is -0.465 e. The lowest BCUT2D eigenvalue weighted by molar-refractivity contribution is 0.0601. The molecule has 0 bridgehead atoms. The van der Waals surface area contributed by atoms with Gasteiger partial charge in [-0.1, -0.05) is 6.07 Å². The fourth-order valence-corrected chi connectivity index (χ4v) is 2.40. The van der Waals surface area contributed by atoms with Crippen LogP contribution in [0.25, 0.3) is 10.8 Å². The van der Waals surface area contributed by atoms with Crippen LogP contribution in [0.1, 0.15) is 10.4 Å². The number of rotatable bonds is 2. The van der Waals surface area contributed by atoms with E-state index in [1.807, 2.05) is 0 Å². The van der Waals surface area contributed by atoms with Crippen molar-refractivity contribution in [1.29, 1.82) is 0 Å².